The van der Waals surface area contributed by atoms with E-state index in [0.717, 1.165) is 70.4 Å². The summed E-state index contributed by atoms with van der Waals surface area (Å²) in [5.41, 5.74) is 0.480. The first-order valence-corrected chi connectivity index (χ1v) is 15.5. The van der Waals surface area contributed by atoms with Gasteiger partial charge in [0.15, 0.2) is 0 Å². The normalized spacial score (nSPS) is 18.6. The molecule has 2 heterocycles. The molecule has 0 N–H and O–H groups in total. The number of likely N-dealkylation sites (N-methyl/N-ethyl adjacent to an activating group) is 2. The molecule has 2 aromatic rings. The van der Waals surface area contributed by atoms with E-state index in [-0.39, 0.29) is 17.4 Å². The average molecular weight is 626 g/mol. The topological polar surface area (TPSA) is 47.1 Å². The zero-order valence-corrected chi connectivity index (χ0v) is 26.4. The Kier molecular flexibility index (Phi) is 11.0. The highest BCUT2D eigenvalue weighted by molar-refractivity contribution is 6.42. The molecule has 10 heteroatoms. The van der Waals surface area contributed by atoms with Crippen molar-refractivity contribution in [3.63, 3.8) is 0 Å². The zero-order valence-electron chi connectivity index (χ0n) is 24.1. The van der Waals surface area contributed by atoms with Crippen LogP contribution in [0, 0.1) is 5.82 Å². The Morgan fingerprint density at radius 3 is 2.24 bits per heavy atom. The molecular weight excluding hydrogens is 586 g/mol. The van der Waals surface area contributed by atoms with Gasteiger partial charge in [0.25, 0.3) is 5.91 Å². The van der Waals surface area contributed by atoms with Crippen LogP contribution in [0.4, 0.5) is 4.39 Å². The van der Waals surface area contributed by atoms with Gasteiger partial charge in [-0.3, -0.25) is 14.5 Å². The van der Waals surface area contributed by atoms with Crippen LogP contribution in [0.15, 0.2) is 36.4 Å². The Morgan fingerprint density at radius 2 is 1.61 bits per heavy atom. The third-order valence-electron chi connectivity index (χ3n) is 8.66. The lowest BCUT2D eigenvalue weighted by Gasteiger charge is -2.50. The van der Waals surface area contributed by atoms with Crippen molar-refractivity contribution in [1.29, 1.82) is 0 Å². The van der Waals surface area contributed by atoms with Crippen molar-refractivity contribution in [2.24, 2.45) is 0 Å². The second-order valence-electron chi connectivity index (χ2n) is 11.6. The number of halogens is 4. The van der Waals surface area contributed by atoms with Crippen LogP contribution in [-0.4, -0.2) is 97.4 Å². The number of hydrogen-bond acceptors (Lipinski definition) is 4. The Morgan fingerprint density at radius 1 is 0.927 bits per heavy atom. The van der Waals surface area contributed by atoms with Crippen molar-refractivity contribution in [2.75, 3.05) is 60.4 Å². The van der Waals surface area contributed by atoms with Crippen molar-refractivity contribution < 1.29 is 14.0 Å². The molecule has 41 heavy (non-hydrogen) atoms. The molecule has 2 fully saturated rings. The van der Waals surface area contributed by atoms with Gasteiger partial charge in [-0.2, -0.15) is 0 Å². The van der Waals surface area contributed by atoms with Crippen LogP contribution < -0.4 is 0 Å². The van der Waals surface area contributed by atoms with Crippen LogP contribution in [0.2, 0.25) is 15.1 Å². The minimum absolute atomic E-state index is 0.0523. The first-order valence-electron chi connectivity index (χ1n) is 14.4. The Balaban J connectivity index is 1.47. The van der Waals surface area contributed by atoms with Crippen LogP contribution >= 0.6 is 34.8 Å². The van der Waals surface area contributed by atoms with Crippen LogP contribution in [0.25, 0.3) is 0 Å². The van der Waals surface area contributed by atoms with Gasteiger partial charge in [0.1, 0.15) is 11.4 Å². The number of rotatable bonds is 9. The van der Waals surface area contributed by atoms with E-state index >= 15 is 0 Å². The summed E-state index contributed by atoms with van der Waals surface area (Å²) in [5, 5.41) is 1.23. The predicted molar refractivity (Wildman–Crippen MR) is 165 cm³/mol. The summed E-state index contributed by atoms with van der Waals surface area (Å²) in [6, 6.07) is 9.55. The van der Waals surface area contributed by atoms with Crippen molar-refractivity contribution in [3.8, 4) is 0 Å². The van der Waals surface area contributed by atoms with E-state index in [0.29, 0.717) is 21.6 Å². The molecule has 0 spiro atoms. The second-order valence-corrected chi connectivity index (χ2v) is 12.8. The number of benzene rings is 2. The summed E-state index contributed by atoms with van der Waals surface area (Å²) in [7, 11) is 5.39. The van der Waals surface area contributed by atoms with Crippen LogP contribution in [0.1, 0.15) is 60.4 Å². The van der Waals surface area contributed by atoms with Gasteiger partial charge in [-0.25, -0.2) is 4.39 Å². The van der Waals surface area contributed by atoms with E-state index in [4.69, 9.17) is 34.8 Å². The molecule has 224 valence electrons. The summed E-state index contributed by atoms with van der Waals surface area (Å²) in [6.45, 7) is 4.77. The fourth-order valence-electron chi connectivity index (χ4n) is 6.30. The highest BCUT2D eigenvalue weighted by Gasteiger charge is 2.47. The lowest BCUT2D eigenvalue weighted by atomic mass is 9.82. The maximum Gasteiger partial charge on any atom is 0.256 e. The maximum absolute atomic E-state index is 14.5. The van der Waals surface area contributed by atoms with Gasteiger partial charge in [-0.15, -0.1) is 0 Å². The minimum atomic E-state index is -0.602. The number of carbonyl (C=O) groups is 2. The molecule has 0 aliphatic carbocycles. The first kappa shape index (κ1) is 32.0. The van der Waals surface area contributed by atoms with Crippen LogP contribution in [0.3, 0.4) is 0 Å². The van der Waals surface area contributed by atoms with Gasteiger partial charge in [-0.05, 0) is 87.6 Å². The number of nitrogens with zero attached hydrogens (tertiary/aromatic N) is 4. The summed E-state index contributed by atoms with van der Waals surface area (Å²) < 4.78 is 14.5. The van der Waals surface area contributed by atoms with Gasteiger partial charge < -0.3 is 14.7 Å². The minimum Gasteiger partial charge on any atom is -0.347 e. The highest BCUT2D eigenvalue weighted by atomic mass is 35.5. The highest BCUT2D eigenvalue weighted by Crippen LogP contribution is 2.34. The van der Waals surface area contributed by atoms with Crippen LogP contribution in [-0.2, 0) is 4.79 Å². The molecule has 2 aliphatic rings. The Hall–Kier alpha value is -1.90. The molecule has 0 saturated carbocycles. The first-order chi connectivity index (χ1) is 19.5. The van der Waals surface area contributed by atoms with Gasteiger partial charge in [-0.1, -0.05) is 47.3 Å². The molecule has 4 rings (SSSR count). The standard InChI is InChI=1S/C31H40Cl3FN4O2/c1-36(2)30(41)31(39-14-5-4-6-15-39)12-17-38(18-13-31)16-11-23(22-7-9-26(33)27(34)19-22)21-37(3)29(40)25-20-24(32)8-10-28(25)35/h7-10,19-20,23H,4-6,11-18,21H2,1-3H3. The van der Waals surface area contributed by atoms with E-state index in [9.17, 15) is 14.0 Å². The van der Waals surface area contributed by atoms with E-state index < -0.39 is 17.3 Å². The molecule has 0 aromatic heterocycles. The van der Waals surface area contributed by atoms with Crippen molar-refractivity contribution >= 4 is 46.6 Å². The molecular formula is C31H40Cl3FN4O2. The largest absolute Gasteiger partial charge is 0.347 e. The third-order valence-corrected chi connectivity index (χ3v) is 9.63. The quantitative estimate of drug-likeness (QED) is 0.322. The van der Waals surface area contributed by atoms with Crippen molar-refractivity contribution in [2.45, 2.75) is 50.0 Å². The lowest BCUT2D eigenvalue weighted by Crippen LogP contribution is -2.64. The average Bonchev–Trinajstić information content (AvgIpc) is 2.97. The van der Waals surface area contributed by atoms with E-state index in [1.54, 1.807) is 18.0 Å². The summed E-state index contributed by atoms with van der Waals surface area (Å²) in [5.74, 6) is -0.879. The molecule has 6 nitrogen and oxygen atoms in total. The predicted octanol–water partition coefficient (Wildman–Crippen LogP) is 6.44. The number of amides is 2. The van der Waals surface area contributed by atoms with Crippen molar-refractivity contribution in [3.05, 3.63) is 68.4 Å². The fraction of sp³-hybridized carbons (Fsp3) is 0.548. The van der Waals surface area contributed by atoms with E-state index in [1.165, 1.54) is 29.5 Å². The van der Waals surface area contributed by atoms with Crippen molar-refractivity contribution in [1.82, 2.24) is 19.6 Å². The molecule has 1 atom stereocenters. The van der Waals surface area contributed by atoms with E-state index in [2.05, 4.69) is 9.80 Å². The molecule has 2 aliphatic heterocycles. The second kappa shape index (κ2) is 14.0. The molecule has 2 saturated heterocycles. The smallest absolute Gasteiger partial charge is 0.256 e. The Bertz CT molecular complexity index is 1230. The number of carbonyl (C=O) groups excluding carboxylic acids is 2. The molecule has 2 amide bonds. The van der Waals surface area contributed by atoms with Gasteiger partial charge >= 0.3 is 0 Å². The molecule has 0 radical (unpaired) electrons. The lowest BCUT2D eigenvalue weighted by molar-refractivity contribution is -0.147. The summed E-state index contributed by atoms with van der Waals surface area (Å²) >= 11 is 18.6. The third kappa shape index (κ3) is 7.55. The van der Waals surface area contributed by atoms with Gasteiger partial charge in [0.2, 0.25) is 5.91 Å². The van der Waals surface area contributed by atoms with Gasteiger partial charge in [0, 0.05) is 51.7 Å². The van der Waals surface area contributed by atoms with E-state index in [1.807, 2.05) is 26.2 Å². The summed E-state index contributed by atoms with van der Waals surface area (Å²) in [4.78, 5) is 34.8. The molecule has 0 bridgehead atoms. The summed E-state index contributed by atoms with van der Waals surface area (Å²) in [6.07, 6.45) is 5.87. The molecule has 1 unspecified atom stereocenters. The number of likely N-dealkylation sites (tertiary alicyclic amines) is 2. The maximum atomic E-state index is 14.5. The van der Waals surface area contributed by atoms with Crippen LogP contribution in [0.5, 0.6) is 0 Å². The monoisotopic (exact) mass is 624 g/mol. The number of hydrogen-bond donors (Lipinski definition) is 0. The zero-order chi connectivity index (χ0) is 29.7. The SMILES string of the molecule is CN(C)C(=O)C1(N2CCCCC2)CCN(CCC(CN(C)C(=O)c2cc(Cl)ccc2F)c2ccc(Cl)c(Cl)c2)CC1. The fourth-order valence-corrected chi connectivity index (χ4v) is 6.78. The molecule has 2 aromatic carbocycles. The van der Waals surface area contributed by atoms with Gasteiger partial charge in [0.05, 0.1) is 15.6 Å². The Labute approximate surface area is 258 Å². The number of piperidine rings is 2.